The molecule has 0 aliphatic carbocycles. The number of fused-ring (bicyclic) bond motifs is 1. The second-order valence-electron chi connectivity index (χ2n) is 8.49. The van der Waals surface area contributed by atoms with Crippen LogP contribution in [-0.2, 0) is 46.8 Å². The van der Waals surface area contributed by atoms with E-state index >= 15 is 0 Å². The maximum absolute atomic E-state index is 12.8. The molecule has 4 rings (SSSR count). The summed E-state index contributed by atoms with van der Waals surface area (Å²) in [6, 6.07) is 13.7. The fourth-order valence-corrected chi connectivity index (χ4v) is 3.94. The van der Waals surface area contributed by atoms with Gasteiger partial charge >= 0.3 is 12.1 Å². The number of carbonyl (C=O) groups is 2. The Morgan fingerprint density at radius 1 is 1.14 bits per heavy atom. The largest absolute Gasteiger partial charge is 0.469 e. The molecular weight excluding hydrogens is 446 g/mol. The lowest BCUT2D eigenvalue weighted by atomic mass is 10.1. The Hall–Kier alpha value is -3.88. The quantitative estimate of drug-likeness (QED) is 0.446. The van der Waals surface area contributed by atoms with Crippen LogP contribution in [0.1, 0.15) is 35.2 Å². The number of amides is 1. The number of ether oxygens (including phenoxy) is 2. The predicted molar refractivity (Wildman–Crippen MR) is 131 cm³/mol. The van der Waals surface area contributed by atoms with E-state index in [4.69, 9.17) is 14.5 Å². The van der Waals surface area contributed by atoms with Gasteiger partial charge in [0.1, 0.15) is 12.4 Å². The molecule has 2 aromatic heterocycles. The number of benzene rings is 1. The zero-order valence-corrected chi connectivity index (χ0v) is 20.0. The molecule has 0 unspecified atom stereocenters. The first-order valence-corrected chi connectivity index (χ1v) is 11.9. The summed E-state index contributed by atoms with van der Waals surface area (Å²) in [5, 5.41) is 7.81. The van der Waals surface area contributed by atoms with E-state index < -0.39 is 6.09 Å². The van der Waals surface area contributed by atoms with Crippen LogP contribution in [0.2, 0.25) is 0 Å². The SMILES string of the molecule is COC(=O)CCN(Cc1cnn(CCc2ccc3c(n2)NCCC3)c1)C(=O)OCc1ccccc1. The number of nitrogens with zero attached hydrogens (tertiary/aromatic N) is 4. The summed E-state index contributed by atoms with van der Waals surface area (Å²) in [6.45, 7) is 2.28. The number of pyridine rings is 1. The van der Waals surface area contributed by atoms with E-state index in [2.05, 4.69) is 22.5 Å². The minimum atomic E-state index is -0.490. The van der Waals surface area contributed by atoms with Gasteiger partial charge in [-0.05, 0) is 30.0 Å². The smallest absolute Gasteiger partial charge is 0.410 e. The molecule has 184 valence electrons. The highest BCUT2D eigenvalue weighted by Gasteiger charge is 2.18. The van der Waals surface area contributed by atoms with Crippen molar-refractivity contribution in [2.24, 2.45) is 0 Å². The topological polar surface area (TPSA) is 98.6 Å². The van der Waals surface area contributed by atoms with Crippen molar-refractivity contribution < 1.29 is 19.1 Å². The van der Waals surface area contributed by atoms with Gasteiger partial charge in [-0.25, -0.2) is 9.78 Å². The first-order valence-electron chi connectivity index (χ1n) is 11.9. The monoisotopic (exact) mass is 477 g/mol. The molecule has 0 saturated heterocycles. The highest BCUT2D eigenvalue weighted by Crippen LogP contribution is 2.20. The summed E-state index contributed by atoms with van der Waals surface area (Å²) in [4.78, 5) is 30.7. The molecule has 35 heavy (non-hydrogen) atoms. The lowest BCUT2D eigenvalue weighted by molar-refractivity contribution is -0.140. The van der Waals surface area contributed by atoms with Crippen LogP contribution in [0.4, 0.5) is 10.6 Å². The number of hydrogen-bond acceptors (Lipinski definition) is 7. The van der Waals surface area contributed by atoms with Crippen molar-refractivity contribution in [2.75, 3.05) is 25.5 Å². The summed E-state index contributed by atoms with van der Waals surface area (Å²) in [5.41, 5.74) is 4.03. The molecule has 9 heteroatoms. The standard InChI is InChI=1S/C26H31N5O4/c1-34-24(32)12-14-30(26(33)35-19-20-6-3-2-4-7-20)17-21-16-28-31(18-21)15-11-23-10-9-22-8-5-13-27-25(22)29-23/h2-4,6-7,9-10,16,18H,5,8,11-15,17,19H2,1H3,(H,27,29). The Morgan fingerprint density at radius 3 is 2.83 bits per heavy atom. The number of methoxy groups -OCH3 is 1. The number of nitrogens with one attached hydrogen (secondary N) is 1. The van der Waals surface area contributed by atoms with Crippen molar-refractivity contribution in [1.82, 2.24) is 19.7 Å². The normalized spacial score (nSPS) is 12.4. The zero-order chi connectivity index (χ0) is 24.5. The van der Waals surface area contributed by atoms with E-state index in [0.29, 0.717) is 6.54 Å². The van der Waals surface area contributed by atoms with E-state index in [0.717, 1.165) is 48.4 Å². The average Bonchev–Trinajstić information content (AvgIpc) is 3.36. The molecule has 3 heterocycles. The lowest BCUT2D eigenvalue weighted by Gasteiger charge is -2.21. The molecule has 1 N–H and O–H groups in total. The van der Waals surface area contributed by atoms with Crippen LogP contribution < -0.4 is 5.32 Å². The van der Waals surface area contributed by atoms with Gasteiger partial charge in [-0.2, -0.15) is 5.10 Å². The molecule has 0 fully saturated rings. The van der Waals surface area contributed by atoms with Gasteiger partial charge in [-0.3, -0.25) is 9.48 Å². The Kier molecular flexibility index (Phi) is 8.32. The van der Waals surface area contributed by atoms with Crippen LogP contribution in [0, 0.1) is 0 Å². The molecule has 1 aliphatic rings. The highest BCUT2D eigenvalue weighted by molar-refractivity contribution is 5.71. The van der Waals surface area contributed by atoms with Gasteiger partial charge in [-0.1, -0.05) is 36.4 Å². The molecule has 0 radical (unpaired) electrons. The molecule has 1 aromatic carbocycles. The van der Waals surface area contributed by atoms with Crippen LogP contribution in [0.15, 0.2) is 54.9 Å². The van der Waals surface area contributed by atoms with Crippen LogP contribution in [0.25, 0.3) is 0 Å². The Morgan fingerprint density at radius 2 is 2.00 bits per heavy atom. The predicted octanol–water partition coefficient (Wildman–Crippen LogP) is 3.58. The first kappa shape index (κ1) is 24.3. The molecule has 0 atom stereocenters. The van der Waals surface area contributed by atoms with Gasteiger partial charge < -0.3 is 19.7 Å². The molecule has 1 amide bonds. The van der Waals surface area contributed by atoms with E-state index in [1.54, 1.807) is 6.20 Å². The molecule has 9 nitrogen and oxygen atoms in total. The minimum Gasteiger partial charge on any atom is -0.469 e. The molecule has 1 aliphatic heterocycles. The van der Waals surface area contributed by atoms with Crippen molar-refractivity contribution in [3.8, 4) is 0 Å². The molecule has 0 saturated carbocycles. The van der Waals surface area contributed by atoms with Crippen molar-refractivity contribution in [3.63, 3.8) is 0 Å². The van der Waals surface area contributed by atoms with Crippen LogP contribution in [-0.4, -0.2) is 51.9 Å². The number of esters is 1. The fourth-order valence-electron chi connectivity index (χ4n) is 3.94. The molecular formula is C26H31N5O4. The average molecular weight is 478 g/mol. The lowest BCUT2D eigenvalue weighted by Crippen LogP contribution is -2.33. The third-order valence-electron chi connectivity index (χ3n) is 5.89. The van der Waals surface area contributed by atoms with Gasteiger partial charge in [0.05, 0.1) is 26.3 Å². The van der Waals surface area contributed by atoms with E-state index in [-0.39, 0.29) is 32.1 Å². The Balaban J connectivity index is 1.34. The summed E-state index contributed by atoms with van der Waals surface area (Å²) >= 11 is 0. The van der Waals surface area contributed by atoms with Gasteiger partial charge in [0, 0.05) is 43.5 Å². The van der Waals surface area contributed by atoms with Gasteiger partial charge in [0.25, 0.3) is 0 Å². The van der Waals surface area contributed by atoms with Gasteiger partial charge in [0.2, 0.25) is 0 Å². The number of aromatic nitrogens is 3. The Bertz CT molecular complexity index is 1130. The first-order chi connectivity index (χ1) is 17.1. The second-order valence-corrected chi connectivity index (χ2v) is 8.49. The summed E-state index contributed by atoms with van der Waals surface area (Å²) in [6.07, 6.45) is 6.20. The van der Waals surface area contributed by atoms with E-state index in [1.807, 2.05) is 41.2 Å². The van der Waals surface area contributed by atoms with E-state index in [1.165, 1.54) is 17.6 Å². The van der Waals surface area contributed by atoms with Crippen LogP contribution >= 0.6 is 0 Å². The zero-order valence-electron chi connectivity index (χ0n) is 20.0. The van der Waals surface area contributed by atoms with Crippen molar-refractivity contribution in [2.45, 2.75) is 45.4 Å². The third-order valence-corrected chi connectivity index (χ3v) is 5.89. The third kappa shape index (κ3) is 7.05. The number of anilines is 1. The molecule has 3 aromatic rings. The maximum Gasteiger partial charge on any atom is 0.410 e. The molecule has 0 spiro atoms. The number of hydrogen-bond donors (Lipinski definition) is 1. The van der Waals surface area contributed by atoms with E-state index in [9.17, 15) is 9.59 Å². The maximum atomic E-state index is 12.8. The Labute approximate surface area is 205 Å². The highest BCUT2D eigenvalue weighted by atomic mass is 16.6. The minimum absolute atomic E-state index is 0.0864. The second kappa shape index (κ2) is 12.0. The number of rotatable bonds is 10. The summed E-state index contributed by atoms with van der Waals surface area (Å²) < 4.78 is 12.1. The van der Waals surface area contributed by atoms with Gasteiger partial charge in [0.15, 0.2) is 0 Å². The van der Waals surface area contributed by atoms with Crippen LogP contribution in [0.3, 0.4) is 0 Å². The summed E-state index contributed by atoms with van der Waals surface area (Å²) in [5.74, 6) is 0.610. The number of aryl methyl sites for hydroxylation is 3. The van der Waals surface area contributed by atoms with Gasteiger partial charge in [-0.15, -0.1) is 0 Å². The van der Waals surface area contributed by atoms with Crippen LogP contribution in [0.5, 0.6) is 0 Å². The fraction of sp³-hybridized carbons (Fsp3) is 0.385. The van der Waals surface area contributed by atoms with Crippen molar-refractivity contribution >= 4 is 17.9 Å². The van der Waals surface area contributed by atoms with Crippen molar-refractivity contribution in [1.29, 1.82) is 0 Å². The van der Waals surface area contributed by atoms with Crippen molar-refractivity contribution in [3.05, 3.63) is 77.2 Å². The number of carbonyl (C=O) groups excluding carboxylic acids is 2. The molecule has 0 bridgehead atoms. The summed E-state index contributed by atoms with van der Waals surface area (Å²) in [7, 11) is 1.33.